The van der Waals surface area contributed by atoms with Crippen molar-refractivity contribution in [2.45, 2.75) is 206 Å². The lowest BCUT2D eigenvalue weighted by atomic mass is 10.0. The number of carbonyl (C=O) groups excluding carboxylic acids is 2. The molecular formula is C53H87NO5. The predicted molar refractivity (Wildman–Crippen MR) is 254 cm³/mol. The van der Waals surface area contributed by atoms with Crippen LogP contribution < -0.4 is 5.32 Å². The molecule has 0 bridgehead atoms. The van der Waals surface area contributed by atoms with Crippen LogP contribution >= 0.6 is 0 Å². The Bertz CT molecular complexity index is 1240. The van der Waals surface area contributed by atoms with Crippen LogP contribution in [0.3, 0.4) is 0 Å². The molecule has 6 nitrogen and oxygen atoms in total. The fraction of sp³-hybridized carbons (Fsp3) is 0.623. The largest absolute Gasteiger partial charge is 0.462 e. The molecule has 0 heterocycles. The van der Waals surface area contributed by atoms with E-state index in [1.165, 1.54) is 64.2 Å². The lowest BCUT2D eigenvalue weighted by molar-refractivity contribution is -0.151. The zero-order valence-corrected chi connectivity index (χ0v) is 37.8. The molecule has 0 radical (unpaired) electrons. The lowest BCUT2D eigenvalue weighted by Crippen LogP contribution is -2.46. The van der Waals surface area contributed by atoms with Crippen molar-refractivity contribution in [1.82, 2.24) is 5.32 Å². The van der Waals surface area contributed by atoms with Gasteiger partial charge in [0.25, 0.3) is 0 Å². The Morgan fingerprint density at radius 3 is 1.54 bits per heavy atom. The van der Waals surface area contributed by atoms with Crippen molar-refractivity contribution in [3.05, 3.63) is 109 Å². The molecule has 1 amide bonds. The fourth-order valence-corrected chi connectivity index (χ4v) is 6.46. The summed E-state index contributed by atoms with van der Waals surface area (Å²) in [5.41, 5.74) is 0. The number of ether oxygens (including phenoxy) is 1. The topological polar surface area (TPSA) is 95.9 Å². The highest BCUT2D eigenvalue weighted by atomic mass is 16.5. The van der Waals surface area contributed by atoms with Crippen molar-refractivity contribution in [2.75, 3.05) is 6.61 Å². The molecule has 0 aromatic rings. The first kappa shape index (κ1) is 55.5. The van der Waals surface area contributed by atoms with Crippen LogP contribution in [0.25, 0.3) is 0 Å². The highest BCUT2D eigenvalue weighted by molar-refractivity contribution is 5.77. The van der Waals surface area contributed by atoms with Crippen molar-refractivity contribution < 1.29 is 24.5 Å². The summed E-state index contributed by atoms with van der Waals surface area (Å²) in [6, 6.07) is -0.740. The van der Waals surface area contributed by atoms with Crippen LogP contribution in [0, 0.1) is 0 Å². The quantitative estimate of drug-likeness (QED) is 0.0248. The molecule has 0 aromatic carbocycles. The summed E-state index contributed by atoms with van der Waals surface area (Å²) in [5.74, 6) is -0.630. The van der Waals surface area contributed by atoms with Crippen molar-refractivity contribution in [3.8, 4) is 0 Å². The van der Waals surface area contributed by atoms with Crippen molar-refractivity contribution >= 4 is 11.9 Å². The van der Waals surface area contributed by atoms with E-state index in [4.69, 9.17) is 4.74 Å². The van der Waals surface area contributed by atoms with E-state index in [-0.39, 0.29) is 31.3 Å². The number of aliphatic hydroxyl groups excluding tert-OH is 2. The Hall–Kier alpha value is -3.48. The second-order valence-electron chi connectivity index (χ2n) is 15.5. The highest BCUT2D eigenvalue weighted by Crippen LogP contribution is 2.16. The Morgan fingerprint density at radius 1 is 0.525 bits per heavy atom. The van der Waals surface area contributed by atoms with Crippen LogP contribution in [0.15, 0.2) is 109 Å². The highest BCUT2D eigenvalue weighted by Gasteiger charge is 2.23. The van der Waals surface area contributed by atoms with Crippen molar-refractivity contribution in [3.63, 3.8) is 0 Å². The van der Waals surface area contributed by atoms with E-state index in [2.05, 4.69) is 80.8 Å². The molecule has 0 fully saturated rings. The standard InChI is InChI=1S/C53H87NO5/c1-4-7-10-13-16-19-22-25-28-29-32-35-38-41-44-49(59-53(58)46-43-40-37-34-31-27-24-21-18-15-12-9-6-3)47-52(57)54-50(48-55)51(56)45-42-39-36-33-30-26-23-20-17-14-11-8-5-2/h7,9-10,12,15-16,18-19,21,24-25,27-28,31-32,34-35,37,49-51,55-56H,4-6,8,11,13-14,17,20,22-23,26,29-30,33,36,38-48H2,1-3H3,(H,54,57)/b10-7+,12-9+,18-15+,19-16+,24-21-,28-25+,31-27-,35-32+,37-34+. The van der Waals surface area contributed by atoms with Crippen LogP contribution in [0.4, 0.5) is 0 Å². The minimum absolute atomic E-state index is 0.00417. The predicted octanol–water partition coefficient (Wildman–Crippen LogP) is 13.9. The maximum Gasteiger partial charge on any atom is 0.306 e. The second kappa shape index (κ2) is 45.6. The number of aliphatic hydroxyl groups is 2. The number of unbranched alkanes of at least 4 members (excludes halogenated alkanes) is 14. The Balaban J connectivity index is 4.82. The molecule has 3 N–H and O–H groups in total. The smallest absolute Gasteiger partial charge is 0.306 e. The van der Waals surface area contributed by atoms with E-state index < -0.39 is 18.2 Å². The van der Waals surface area contributed by atoms with Gasteiger partial charge in [-0.15, -0.1) is 0 Å². The summed E-state index contributed by atoms with van der Waals surface area (Å²) < 4.78 is 5.84. The number of esters is 1. The molecule has 0 aliphatic carbocycles. The second-order valence-corrected chi connectivity index (χ2v) is 15.5. The molecule has 0 rings (SSSR count). The maximum atomic E-state index is 13.1. The van der Waals surface area contributed by atoms with E-state index in [1.54, 1.807) is 0 Å². The first-order chi connectivity index (χ1) is 29.0. The third kappa shape index (κ3) is 41.1. The number of allylic oxidation sites excluding steroid dienone is 18. The molecule has 0 saturated carbocycles. The average Bonchev–Trinajstić information content (AvgIpc) is 3.23. The van der Waals surface area contributed by atoms with E-state index >= 15 is 0 Å². The van der Waals surface area contributed by atoms with E-state index in [9.17, 15) is 19.8 Å². The van der Waals surface area contributed by atoms with E-state index in [1.807, 2.05) is 54.7 Å². The lowest BCUT2D eigenvalue weighted by Gasteiger charge is -2.24. The van der Waals surface area contributed by atoms with Crippen LogP contribution in [0.1, 0.15) is 188 Å². The third-order valence-corrected chi connectivity index (χ3v) is 9.98. The molecule has 0 aliphatic heterocycles. The van der Waals surface area contributed by atoms with E-state index in [0.29, 0.717) is 19.3 Å². The van der Waals surface area contributed by atoms with Crippen LogP contribution in [-0.4, -0.2) is 46.9 Å². The zero-order chi connectivity index (χ0) is 43.1. The fourth-order valence-electron chi connectivity index (χ4n) is 6.46. The van der Waals surface area contributed by atoms with Gasteiger partial charge in [0.05, 0.1) is 25.2 Å². The monoisotopic (exact) mass is 818 g/mol. The molecule has 334 valence electrons. The van der Waals surface area contributed by atoms with Crippen molar-refractivity contribution in [2.24, 2.45) is 0 Å². The van der Waals surface area contributed by atoms with Gasteiger partial charge >= 0.3 is 5.97 Å². The first-order valence-electron chi connectivity index (χ1n) is 23.7. The van der Waals surface area contributed by atoms with Gasteiger partial charge in [-0.2, -0.15) is 0 Å². The summed E-state index contributed by atoms with van der Waals surface area (Å²) in [4.78, 5) is 26.0. The summed E-state index contributed by atoms with van der Waals surface area (Å²) >= 11 is 0. The third-order valence-electron chi connectivity index (χ3n) is 9.98. The Labute approximate surface area is 362 Å². The van der Waals surface area contributed by atoms with Gasteiger partial charge in [-0.3, -0.25) is 9.59 Å². The minimum atomic E-state index is -0.820. The molecule has 3 unspecified atom stereocenters. The SMILES string of the molecule is CC/C=C/C=C/C=C\C=C/C=C/CCCC(=O)OC(CCC/C=C/C/C=C/C/C=C/C/C=C/CC)CC(=O)NC(CO)C(O)CCCCCCCCCCCCCCC. The van der Waals surface area contributed by atoms with Gasteiger partial charge in [0, 0.05) is 6.42 Å². The minimum Gasteiger partial charge on any atom is -0.462 e. The average molecular weight is 818 g/mol. The van der Waals surface area contributed by atoms with Gasteiger partial charge < -0.3 is 20.3 Å². The maximum absolute atomic E-state index is 13.1. The Kier molecular flexibility index (Phi) is 42.9. The van der Waals surface area contributed by atoms with Crippen LogP contribution in [-0.2, 0) is 14.3 Å². The van der Waals surface area contributed by atoms with Gasteiger partial charge in [0.15, 0.2) is 0 Å². The summed E-state index contributed by atoms with van der Waals surface area (Å²) in [6.07, 6.45) is 61.5. The van der Waals surface area contributed by atoms with Crippen LogP contribution in [0.5, 0.6) is 0 Å². The number of hydrogen-bond donors (Lipinski definition) is 3. The van der Waals surface area contributed by atoms with Gasteiger partial charge in [0.1, 0.15) is 6.10 Å². The summed E-state index contributed by atoms with van der Waals surface area (Å²) in [6.45, 7) is 6.17. The molecule has 0 aromatic heterocycles. The number of carbonyl (C=O) groups is 2. The molecule has 3 atom stereocenters. The zero-order valence-electron chi connectivity index (χ0n) is 37.8. The molecule has 0 aliphatic rings. The molecule has 0 saturated heterocycles. The number of hydrogen-bond acceptors (Lipinski definition) is 5. The number of amides is 1. The Morgan fingerprint density at radius 2 is 1.00 bits per heavy atom. The number of rotatable bonds is 40. The molecule has 0 spiro atoms. The molecular weight excluding hydrogens is 731 g/mol. The van der Waals surface area contributed by atoms with Gasteiger partial charge in [-0.25, -0.2) is 0 Å². The van der Waals surface area contributed by atoms with E-state index in [0.717, 1.165) is 70.6 Å². The van der Waals surface area contributed by atoms with Crippen molar-refractivity contribution in [1.29, 1.82) is 0 Å². The van der Waals surface area contributed by atoms with Gasteiger partial charge in [-0.05, 0) is 70.6 Å². The first-order valence-corrected chi connectivity index (χ1v) is 23.7. The molecule has 6 heteroatoms. The summed E-state index contributed by atoms with van der Waals surface area (Å²) in [7, 11) is 0. The van der Waals surface area contributed by atoms with Gasteiger partial charge in [0.2, 0.25) is 5.91 Å². The van der Waals surface area contributed by atoms with Crippen LogP contribution in [0.2, 0.25) is 0 Å². The normalized spacial score (nSPS) is 14.3. The molecule has 59 heavy (non-hydrogen) atoms. The van der Waals surface area contributed by atoms with Gasteiger partial charge in [-0.1, -0.05) is 214 Å². The summed E-state index contributed by atoms with van der Waals surface area (Å²) in [5, 5.41) is 23.7. The number of nitrogens with one attached hydrogen (secondary N) is 1.